The van der Waals surface area contributed by atoms with Crippen LogP contribution in [0.5, 0.6) is 0 Å². The fourth-order valence-electron chi connectivity index (χ4n) is 2.72. The molecule has 0 radical (unpaired) electrons. The van der Waals surface area contributed by atoms with E-state index in [1.165, 1.54) is 12.1 Å². The number of ether oxygens (including phenoxy) is 1. The first kappa shape index (κ1) is 17.7. The third kappa shape index (κ3) is 4.65. The summed E-state index contributed by atoms with van der Waals surface area (Å²) in [4.78, 5) is 11.6. The average molecular weight is 344 g/mol. The number of hydrogen-bond acceptors (Lipinski definition) is 4. The summed E-state index contributed by atoms with van der Waals surface area (Å²) in [5, 5.41) is 0. The summed E-state index contributed by atoms with van der Waals surface area (Å²) in [6, 6.07) is 2.29. The SMILES string of the molecule is Cc1cc(F)cc2c1C(NS(=O)(=O)NC(=O)OC(C)(C)C)CC2. The van der Waals surface area contributed by atoms with E-state index < -0.39 is 27.9 Å². The normalized spacial score (nSPS) is 17.7. The summed E-state index contributed by atoms with van der Waals surface area (Å²) < 4.78 is 46.7. The Balaban J connectivity index is 2.11. The van der Waals surface area contributed by atoms with Gasteiger partial charge in [-0.3, -0.25) is 0 Å². The molecular formula is C15H21FN2O4S. The molecule has 1 aliphatic rings. The molecule has 1 aromatic carbocycles. The van der Waals surface area contributed by atoms with Crippen LogP contribution in [0.15, 0.2) is 12.1 Å². The highest BCUT2D eigenvalue weighted by molar-refractivity contribution is 7.88. The van der Waals surface area contributed by atoms with Crippen LogP contribution in [0.1, 0.15) is 49.9 Å². The highest BCUT2D eigenvalue weighted by Crippen LogP contribution is 2.34. The van der Waals surface area contributed by atoms with Crippen LogP contribution in [0.25, 0.3) is 0 Å². The molecule has 0 aromatic heterocycles. The molecule has 0 bridgehead atoms. The summed E-state index contributed by atoms with van der Waals surface area (Å²) in [6.07, 6.45) is 0.0432. The Kier molecular flexibility index (Phi) is 4.68. The van der Waals surface area contributed by atoms with Gasteiger partial charge in [-0.1, -0.05) is 0 Å². The molecule has 0 aliphatic heterocycles. The summed E-state index contributed by atoms with van der Waals surface area (Å²) in [5.41, 5.74) is 1.43. The second kappa shape index (κ2) is 6.09. The zero-order valence-electron chi connectivity index (χ0n) is 13.6. The van der Waals surface area contributed by atoms with Gasteiger partial charge in [-0.15, -0.1) is 0 Å². The summed E-state index contributed by atoms with van der Waals surface area (Å²) in [7, 11) is -4.07. The zero-order valence-corrected chi connectivity index (χ0v) is 14.4. The molecule has 6 nitrogen and oxygen atoms in total. The van der Waals surface area contributed by atoms with Gasteiger partial charge in [0.25, 0.3) is 0 Å². The van der Waals surface area contributed by atoms with E-state index in [-0.39, 0.29) is 5.82 Å². The molecule has 1 amide bonds. The molecule has 0 spiro atoms. The summed E-state index contributed by atoms with van der Waals surface area (Å²) >= 11 is 0. The molecule has 23 heavy (non-hydrogen) atoms. The zero-order chi connectivity index (χ0) is 17.4. The van der Waals surface area contributed by atoms with Gasteiger partial charge in [0.2, 0.25) is 0 Å². The number of aryl methyl sites for hydroxylation is 2. The first-order chi connectivity index (χ1) is 10.5. The molecule has 0 saturated carbocycles. The quantitative estimate of drug-likeness (QED) is 0.882. The van der Waals surface area contributed by atoms with Gasteiger partial charge >= 0.3 is 16.3 Å². The molecule has 2 N–H and O–H groups in total. The molecule has 1 unspecified atom stereocenters. The van der Waals surface area contributed by atoms with Gasteiger partial charge in [0.15, 0.2) is 0 Å². The topological polar surface area (TPSA) is 84.5 Å². The van der Waals surface area contributed by atoms with Crippen molar-refractivity contribution in [1.29, 1.82) is 0 Å². The van der Waals surface area contributed by atoms with Crippen molar-refractivity contribution < 1.29 is 22.3 Å². The number of nitrogens with one attached hydrogen (secondary N) is 2. The lowest BCUT2D eigenvalue weighted by atomic mass is 10.0. The Morgan fingerprint density at radius 3 is 2.61 bits per heavy atom. The van der Waals surface area contributed by atoms with Crippen LogP contribution in [-0.2, 0) is 21.4 Å². The molecular weight excluding hydrogens is 323 g/mol. The van der Waals surface area contributed by atoms with Crippen LogP contribution in [0.2, 0.25) is 0 Å². The van der Waals surface area contributed by atoms with Crippen LogP contribution < -0.4 is 9.44 Å². The summed E-state index contributed by atoms with van der Waals surface area (Å²) in [6.45, 7) is 6.64. The number of carbonyl (C=O) groups excluding carboxylic acids is 1. The minimum absolute atomic E-state index is 0.336. The van der Waals surface area contributed by atoms with E-state index in [9.17, 15) is 17.6 Å². The number of halogens is 1. The molecule has 2 rings (SSSR count). The number of fused-ring (bicyclic) bond motifs is 1. The predicted molar refractivity (Wildman–Crippen MR) is 83.6 cm³/mol. The lowest BCUT2D eigenvalue weighted by Gasteiger charge is -2.21. The lowest BCUT2D eigenvalue weighted by Crippen LogP contribution is -2.43. The molecule has 0 fully saturated rings. The van der Waals surface area contributed by atoms with E-state index in [2.05, 4.69) is 4.72 Å². The predicted octanol–water partition coefficient (Wildman–Crippen LogP) is 2.48. The first-order valence-electron chi connectivity index (χ1n) is 7.29. The van der Waals surface area contributed by atoms with Gasteiger partial charge in [-0.2, -0.15) is 13.1 Å². The minimum atomic E-state index is -4.07. The third-order valence-corrected chi connectivity index (χ3v) is 4.43. The van der Waals surface area contributed by atoms with Gasteiger partial charge in [0.1, 0.15) is 11.4 Å². The van der Waals surface area contributed by atoms with Gasteiger partial charge < -0.3 is 4.74 Å². The second-order valence-electron chi connectivity index (χ2n) is 6.61. The van der Waals surface area contributed by atoms with Gasteiger partial charge in [-0.05, 0) is 69.4 Å². The van der Waals surface area contributed by atoms with Crippen LogP contribution in [-0.4, -0.2) is 20.1 Å². The average Bonchev–Trinajstić information content (AvgIpc) is 2.67. The smallest absolute Gasteiger partial charge is 0.422 e. The van der Waals surface area contributed by atoms with Crippen molar-refractivity contribution in [2.24, 2.45) is 0 Å². The van der Waals surface area contributed by atoms with Crippen molar-refractivity contribution in [3.05, 3.63) is 34.6 Å². The maximum absolute atomic E-state index is 13.4. The van der Waals surface area contributed by atoms with Crippen LogP contribution >= 0.6 is 0 Å². The monoisotopic (exact) mass is 344 g/mol. The van der Waals surface area contributed by atoms with Crippen LogP contribution in [0.3, 0.4) is 0 Å². The highest BCUT2D eigenvalue weighted by atomic mass is 32.2. The van der Waals surface area contributed by atoms with E-state index in [1.54, 1.807) is 27.7 Å². The van der Waals surface area contributed by atoms with E-state index in [0.717, 1.165) is 11.1 Å². The Morgan fingerprint density at radius 2 is 2.00 bits per heavy atom. The Morgan fingerprint density at radius 1 is 1.35 bits per heavy atom. The molecule has 1 aromatic rings. The van der Waals surface area contributed by atoms with Crippen molar-refractivity contribution in [1.82, 2.24) is 9.44 Å². The molecule has 0 heterocycles. The van der Waals surface area contributed by atoms with Gasteiger partial charge in [0, 0.05) is 6.04 Å². The third-order valence-electron chi connectivity index (χ3n) is 3.40. The maximum atomic E-state index is 13.4. The Hall–Kier alpha value is -1.67. The molecule has 8 heteroatoms. The molecule has 1 aliphatic carbocycles. The van der Waals surface area contributed by atoms with E-state index in [1.807, 2.05) is 4.72 Å². The Labute approximate surface area is 135 Å². The van der Waals surface area contributed by atoms with Gasteiger partial charge in [-0.25, -0.2) is 13.9 Å². The lowest BCUT2D eigenvalue weighted by molar-refractivity contribution is 0.0569. The maximum Gasteiger partial charge on any atom is 0.422 e. The van der Waals surface area contributed by atoms with Gasteiger partial charge in [0.05, 0.1) is 0 Å². The molecule has 1 atom stereocenters. The van der Waals surface area contributed by atoms with E-state index in [4.69, 9.17) is 4.74 Å². The fraction of sp³-hybridized carbons (Fsp3) is 0.533. The van der Waals surface area contributed by atoms with Crippen molar-refractivity contribution in [2.45, 2.75) is 52.2 Å². The number of rotatable bonds is 3. The number of hydrogen-bond donors (Lipinski definition) is 2. The largest absolute Gasteiger partial charge is 0.443 e. The van der Waals surface area contributed by atoms with Crippen molar-refractivity contribution in [2.75, 3.05) is 0 Å². The number of amides is 1. The molecule has 0 saturated heterocycles. The standard InChI is InChI=1S/C15H21FN2O4S/c1-9-7-11(16)8-10-5-6-12(13(9)10)17-23(20,21)18-14(19)22-15(2,3)4/h7-8,12,17H,5-6H2,1-4H3,(H,18,19). The van der Waals surface area contributed by atoms with Crippen molar-refractivity contribution in [3.8, 4) is 0 Å². The minimum Gasteiger partial charge on any atom is -0.443 e. The van der Waals surface area contributed by atoms with E-state index in [0.29, 0.717) is 18.4 Å². The Bertz CT molecular complexity index is 726. The summed E-state index contributed by atoms with van der Waals surface area (Å²) in [5.74, 6) is -0.336. The van der Waals surface area contributed by atoms with Crippen LogP contribution in [0, 0.1) is 12.7 Å². The molecule has 128 valence electrons. The van der Waals surface area contributed by atoms with Crippen LogP contribution in [0.4, 0.5) is 9.18 Å². The highest BCUT2D eigenvalue weighted by Gasteiger charge is 2.30. The van der Waals surface area contributed by atoms with E-state index >= 15 is 0 Å². The number of carbonyl (C=O) groups is 1. The van der Waals surface area contributed by atoms with Crippen molar-refractivity contribution in [3.63, 3.8) is 0 Å². The first-order valence-corrected chi connectivity index (χ1v) is 8.77. The number of benzene rings is 1. The fourth-order valence-corrected chi connectivity index (χ4v) is 3.65. The van der Waals surface area contributed by atoms with Crippen molar-refractivity contribution >= 4 is 16.3 Å². The second-order valence-corrected chi connectivity index (χ2v) is 8.06.